The van der Waals surface area contributed by atoms with E-state index in [-0.39, 0.29) is 5.56 Å². The van der Waals surface area contributed by atoms with Crippen molar-refractivity contribution in [2.24, 2.45) is 0 Å². The van der Waals surface area contributed by atoms with E-state index in [4.69, 9.17) is 16.7 Å². The first kappa shape index (κ1) is 17.3. The molecule has 1 heterocycles. The van der Waals surface area contributed by atoms with E-state index in [2.05, 4.69) is 14.7 Å². The van der Waals surface area contributed by atoms with Crippen molar-refractivity contribution in [2.75, 3.05) is 4.72 Å². The Balaban J connectivity index is 1.83. The van der Waals surface area contributed by atoms with Crippen LogP contribution in [0.4, 0.5) is 5.95 Å². The second-order valence-electron chi connectivity index (χ2n) is 5.25. The lowest BCUT2D eigenvalue weighted by Gasteiger charge is -2.09. The normalized spacial score (nSPS) is 10.5. The van der Waals surface area contributed by atoms with Crippen molar-refractivity contribution < 1.29 is 9.90 Å². The molecular formula is C18H14ClN3O2S. The zero-order valence-corrected chi connectivity index (χ0v) is 14.8. The van der Waals surface area contributed by atoms with Gasteiger partial charge in [-0.1, -0.05) is 41.9 Å². The van der Waals surface area contributed by atoms with Crippen LogP contribution in [-0.4, -0.2) is 21.0 Å². The molecule has 0 saturated heterocycles. The summed E-state index contributed by atoms with van der Waals surface area (Å²) in [5, 5.41) is 9.38. The molecule has 0 saturated carbocycles. The maximum absolute atomic E-state index is 11.0. The number of aryl methyl sites for hydroxylation is 1. The van der Waals surface area contributed by atoms with Gasteiger partial charge in [0.1, 0.15) is 5.15 Å². The van der Waals surface area contributed by atoms with E-state index in [1.165, 1.54) is 11.9 Å². The third-order valence-corrected chi connectivity index (χ3v) is 4.42. The number of halogens is 1. The standard InChI is InChI=1S/C18H14ClN3O2S/c1-11-5-2-3-8-14(11)15-10-16(19)21-18(20-15)22-25-13-7-4-6-12(9-13)17(23)24/h2-10H,1H3,(H,23,24)(H,20,21,22). The number of hydrogen-bond acceptors (Lipinski definition) is 5. The molecule has 126 valence electrons. The molecule has 2 aromatic carbocycles. The number of aromatic carboxylic acids is 1. The van der Waals surface area contributed by atoms with E-state index in [1.54, 1.807) is 30.3 Å². The van der Waals surface area contributed by atoms with Crippen molar-refractivity contribution in [3.05, 3.63) is 70.9 Å². The Morgan fingerprint density at radius 3 is 2.68 bits per heavy atom. The molecular weight excluding hydrogens is 358 g/mol. The molecule has 0 radical (unpaired) electrons. The van der Waals surface area contributed by atoms with E-state index in [9.17, 15) is 4.79 Å². The summed E-state index contributed by atoms with van der Waals surface area (Å²) in [5.74, 6) is -0.611. The summed E-state index contributed by atoms with van der Waals surface area (Å²) >= 11 is 7.35. The van der Waals surface area contributed by atoms with Crippen molar-refractivity contribution in [3.63, 3.8) is 0 Å². The van der Waals surface area contributed by atoms with Crippen molar-refractivity contribution in [1.29, 1.82) is 0 Å². The average molecular weight is 372 g/mol. The van der Waals surface area contributed by atoms with Crippen LogP contribution in [0.1, 0.15) is 15.9 Å². The first-order valence-electron chi connectivity index (χ1n) is 7.40. The number of carbonyl (C=O) groups is 1. The van der Waals surface area contributed by atoms with E-state index < -0.39 is 5.97 Å². The predicted molar refractivity (Wildman–Crippen MR) is 100 cm³/mol. The van der Waals surface area contributed by atoms with Crippen molar-refractivity contribution in [1.82, 2.24) is 9.97 Å². The molecule has 0 aliphatic rings. The van der Waals surface area contributed by atoms with Crippen LogP contribution in [0.15, 0.2) is 59.5 Å². The first-order valence-corrected chi connectivity index (χ1v) is 8.59. The average Bonchev–Trinajstić information content (AvgIpc) is 2.60. The lowest BCUT2D eigenvalue weighted by Crippen LogP contribution is -1.99. The largest absolute Gasteiger partial charge is 0.478 e. The van der Waals surface area contributed by atoms with Gasteiger partial charge in [-0.15, -0.1) is 0 Å². The van der Waals surface area contributed by atoms with Gasteiger partial charge in [-0.3, -0.25) is 4.72 Å². The molecule has 0 amide bonds. The highest BCUT2D eigenvalue weighted by Gasteiger charge is 2.09. The number of nitrogens with zero attached hydrogens (tertiary/aromatic N) is 2. The van der Waals surface area contributed by atoms with Crippen LogP contribution >= 0.6 is 23.5 Å². The molecule has 5 nitrogen and oxygen atoms in total. The predicted octanol–water partition coefficient (Wildman–Crippen LogP) is 4.92. The number of aromatic nitrogens is 2. The molecule has 0 spiro atoms. The first-order chi connectivity index (χ1) is 12.0. The summed E-state index contributed by atoms with van der Waals surface area (Å²) in [6.45, 7) is 2.00. The number of carboxylic acid groups (broad SMARTS) is 1. The highest BCUT2D eigenvalue weighted by atomic mass is 35.5. The number of rotatable bonds is 5. The fourth-order valence-corrected chi connectivity index (χ4v) is 3.08. The molecule has 7 heteroatoms. The summed E-state index contributed by atoms with van der Waals surface area (Å²) in [5.41, 5.74) is 3.01. The fourth-order valence-electron chi connectivity index (χ4n) is 2.26. The Bertz CT molecular complexity index is 934. The second-order valence-corrected chi connectivity index (χ2v) is 6.52. The molecule has 0 aliphatic carbocycles. The van der Waals surface area contributed by atoms with Gasteiger partial charge in [0.2, 0.25) is 5.95 Å². The number of carboxylic acids is 1. The monoisotopic (exact) mass is 371 g/mol. The Morgan fingerprint density at radius 1 is 1.12 bits per heavy atom. The lowest BCUT2D eigenvalue weighted by atomic mass is 10.1. The van der Waals surface area contributed by atoms with Gasteiger partial charge in [-0.2, -0.15) is 0 Å². The SMILES string of the molecule is Cc1ccccc1-c1cc(Cl)nc(NSc2cccc(C(=O)O)c2)n1. The van der Waals surface area contributed by atoms with Gasteiger partial charge >= 0.3 is 5.97 Å². The Morgan fingerprint density at radius 2 is 1.92 bits per heavy atom. The summed E-state index contributed by atoms with van der Waals surface area (Å²) in [6, 6.07) is 16.2. The van der Waals surface area contributed by atoms with Gasteiger partial charge in [0.15, 0.2) is 0 Å². The minimum atomic E-state index is -0.969. The van der Waals surface area contributed by atoms with Gasteiger partial charge in [0, 0.05) is 16.5 Å². The highest BCUT2D eigenvalue weighted by Crippen LogP contribution is 2.26. The van der Waals surface area contributed by atoms with Crippen LogP contribution < -0.4 is 4.72 Å². The maximum Gasteiger partial charge on any atom is 0.335 e. The van der Waals surface area contributed by atoms with Gasteiger partial charge in [0.25, 0.3) is 0 Å². The number of benzene rings is 2. The smallest absolute Gasteiger partial charge is 0.335 e. The molecule has 0 fully saturated rings. The minimum Gasteiger partial charge on any atom is -0.478 e. The molecule has 0 unspecified atom stereocenters. The van der Waals surface area contributed by atoms with Crippen LogP contribution in [0.2, 0.25) is 5.15 Å². The van der Waals surface area contributed by atoms with E-state index in [0.717, 1.165) is 21.7 Å². The van der Waals surface area contributed by atoms with Crippen LogP contribution in [-0.2, 0) is 0 Å². The zero-order valence-electron chi connectivity index (χ0n) is 13.2. The molecule has 0 aliphatic heterocycles. The van der Waals surface area contributed by atoms with Gasteiger partial charge in [0.05, 0.1) is 11.3 Å². The third kappa shape index (κ3) is 4.29. The van der Waals surface area contributed by atoms with Crippen LogP contribution in [0.5, 0.6) is 0 Å². The van der Waals surface area contributed by atoms with E-state index >= 15 is 0 Å². The minimum absolute atomic E-state index is 0.222. The number of hydrogen-bond donors (Lipinski definition) is 2. The molecule has 3 rings (SSSR count). The molecule has 0 bridgehead atoms. The molecule has 2 N–H and O–H groups in total. The second kappa shape index (κ2) is 7.55. The quantitative estimate of drug-likeness (QED) is 0.489. The highest BCUT2D eigenvalue weighted by molar-refractivity contribution is 8.00. The van der Waals surface area contributed by atoms with E-state index in [0.29, 0.717) is 11.1 Å². The van der Waals surface area contributed by atoms with Crippen LogP contribution in [0.3, 0.4) is 0 Å². The summed E-state index contributed by atoms with van der Waals surface area (Å²) < 4.78 is 3.01. The summed E-state index contributed by atoms with van der Waals surface area (Å²) in [4.78, 5) is 20.4. The Labute approximate surface area is 154 Å². The van der Waals surface area contributed by atoms with Crippen molar-refractivity contribution >= 4 is 35.5 Å². The summed E-state index contributed by atoms with van der Waals surface area (Å²) in [7, 11) is 0. The van der Waals surface area contributed by atoms with Gasteiger partial charge in [-0.25, -0.2) is 14.8 Å². The van der Waals surface area contributed by atoms with Gasteiger partial charge < -0.3 is 5.11 Å². The Hall–Kier alpha value is -2.57. The fraction of sp³-hybridized carbons (Fsp3) is 0.0556. The van der Waals surface area contributed by atoms with Crippen LogP contribution in [0, 0.1) is 6.92 Å². The summed E-state index contributed by atoms with van der Waals surface area (Å²) in [6.07, 6.45) is 0. The maximum atomic E-state index is 11.0. The lowest BCUT2D eigenvalue weighted by molar-refractivity contribution is 0.0696. The number of nitrogens with one attached hydrogen (secondary N) is 1. The van der Waals surface area contributed by atoms with Crippen molar-refractivity contribution in [2.45, 2.75) is 11.8 Å². The number of anilines is 1. The molecule has 3 aromatic rings. The zero-order chi connectivity index (χ0) is 17.8. The third-order valence-electron chi connectivity index (χ3n) is 3.46. The van der Waals surface area contributed by atoms with E-state index in [1.807, 2.05) is 31.2 Å². The van der Waals surface area contributed by atoms with Crippen LogP contribution in [0.25, 0.3) is 11.3 Å². The molecule has 25 heavy (non-hydrogen) atoms. The topological polar surface area (TPSA) is 75.1 Å². The molecule has 0 atom stereocenters. The van der Waals surface area contributed by atoms with Crippen molar-refractivity contribution in [3.8, 4) is 11.3 Å². The van der Waals surface area contributed by atoms with Gasteiger partial charge in [-0.05, 0) is 42.6 Å². The molecule has 1 aromatic heterocycles. The Kier molecular flexibility index (Phi) is 5.21.